The van der Waals surface area contributed by atoms with Gasteiger partial charge in [0.1, 0.15) is 0 Å². The molecule has 128 valence electrons. The topological polar surface area (TPSA) is 58.1 Å². The monoisotopic (exact) mass is 326 g/mol. The zero-order valence-corrected chi connectivity index (χ0v) is 14.7. The molecule has 1 amide bonds. The highest BCUT2D eigenvalue weighted by atomic mass is 16.2. The third-order valence-electron chi connectivity index (χ3n) is 3.84. The lowest BCUT2D eigenvalue weighted by Crippen LogP contribution is -2.29. The second-order valence-corrected chi connectivity index (χ2v) is 5.87. The highest BCUT2D eigenvalue weighted by Crippen LogP contribution is 2.13. The molecule has 2 aromatic rings. The number of hydrogen-bond acceptors (Lipinski definition) is 4. The third kappa shape index (κ3) is 4.78. The molecule has 0 fully saturated rings. The molecule has 0 bridgehead atoms. The van der Waals surface area contributed by atoms with Crippen molar-refractivity contribution in [3.8, 4) is 0 Å². The van der Waals surface area contributed by atoms with Gasteiger partial charge in [-0.25, -0.2) is 0 Å². The van der Waals surface area contributed by atoms with Gasteiger partial charge in [0.25, 0.3) is 5.91 Å². The van der Waals surface area contributed by atoms with Crippen LogP contribution in [0.2, 0.25) is 0 Å². The second kappa shape index (κ2) is 9.01. The Morgan fingerprint density at radius 3 is 2.25 bits per heavy atom. The lowest BCUT2D eigenvalue weighted by molar-refractivity contribution is 0.0934. The van der Waals surface area contributed by atoms with Gasteiger partial charge in [0.2, 0.25) is 0 Å². The van der Waals surface area contributed by atoms with Crippen molar-refractivity contribution < 1.29 is 4.79 Å². The van der Waals surface area contributed by atoms with Gasteiger partial charge in [0.05, 0.1) is 6.04 Å². The average molecular weight is 326 g/mol. The van der Waals surface area contributed by atoms with Gasteiger partial charge in [0, 0.05) is 13.1 Å². The summed E-state index contributed by atoms with van der Waals surface area (Å²) in [5.41, 5.74) is 1.40. The fourth-order valence-electron chi connectivity index (χ4n) is 2.59. The molecule has 0 radical (unpaired) electrons. The summed E-state index contributed by atoms with van der Waals surface area (Å²) < 4.78 is 0. The van der Waals surface area contributed by atoms with Gasteiger partial charge in [-0.2, -0.15) is 0 Å². The smallest absolute Gasteiger partial charge is 0.272 e. The van der Waals surface area contributed by atoms with Gasteiger partial charge >= 0.3 is 0 Å². The third-order valence-corrected chi connectivity index (χ3v) is 3.84. The summed E-state index contributed by atoms with van der Waals surface area (Å²) in [6.45, 7) is 8.13. The molecule has 24 heavy (non-hydrogen) atoms. The standard InChI is InChI=1S/C19H26N4O/c1-4-13-23(14-5-2)18-12-11-17(21-22-18)19(24)20-15(3)16-9-7-6-8-10-16/h6-12,15H,4-5,13-14H2,1-3H3,(H,20,24). The number of benzene rings is 1. The van der Waals surface area contributed by atoms with Gasteiger partial charge in [-0.05, 0) is 37.5 Å². The Balaban J connectivity index is 2.02. The summed E-state index contributed by atoms with van der Waals surface area (Å²) in [6.07, 6.45) is 2.11. The maximum atomic E-state index is 12.3. The van der Waals surface area contributed by atoms with E-state index in [1.807, 2.05) is 43.3 Å². The minimum atomic E-state index is -0.206. The van der Waals surface area contributed by atoms with Crippen LogP contribution in [-0.4, -0.2) is 29.2 Å². The normalized spacial score (nSPS) is 11.8. The number of aromatic nitrogens is 2. The largest absolute Gasteiger partial charge is 0.355 e. The summed E-state index contributed by atoms with van der Waals surface area (Å²) in [4.78, 5) is 14.5. The molecular weight excluding hydrogens is 300 g/mol. The first-order chi connectivity index (χ1) is 11.7. The Labute approximate surface area is 144 Å². The number of nitrogens with zero attached hydrogens (tertiary/aromatic N) is 3. The Morgan fingerprint density at radius 2 is 1.71 bits per heavy atom. The molecule has 0 spiro atoms. The number of hydrogen-bond donors (Lipinski definition) is 1. The fraction of sp³-hybridized carbons (Fsp3) is 0.421. The summed E-state index contributed by atoms with van der Waals surface area (Å²) in [6, 6.07) is 13.4. The number of anilines is 1. The lowest BCUT2D eigenvalue weighted by atomic mass is 10.1. The second-order valence-electron chi connectivity index (χ2n) is 5.87. The van der Waals surface area contributed by atoms with Crippen molar-refractivity contribution in [2.24, 2.45) is 0 Å². The number of amides is 1. The predicted octanol–water partition coefficient (Wildman–Crippen LogP) is 3.59. The summed E-state index contributed by atoms with van der Waals surface area (Å²) in [7, 11) is 0. The molecule has 1 unspecified atom stereocenters. The predicted molar refractivity (Wildman–Crippen MR) is 97.2 cm³/mol. The molecule has 0 saturated carbocycles. The van der Waals surface area contributed by atoms with E-state index in [0.29, 0.717) is 5.69 Å². The maximum absolute atomic E-state index is 12.3. The Morgan fingerprint density at radius 1 is 1.04 bits per heavy atom. The van der Waals surface area contributed by atoms with Crippen LogP contribution in [0.15, 0.2) is 42.5 Å². The summed E-state index contributed by atoms with van der Waals surface area (Å²) in [5.74, 6) is 0.620. The van der Waals surface area contributed by atoms with E-state index in [1.54, 1.807) is 6.07 Å². The molecule has 0 aliphatic heterocycles. The van der Waals surface area contributed by atoms with Crippen LogP contribution in [0.1, 0.15) is 55.7 Å². The van der Waals surface area contributed by atoms with E-state index in [4.69, 9.17) is 0 Å². The van der Waals surface area contributed by atoms with Crippen molar-refractivity contribution in [2.75, 3.05) is 18.0 Å². The molecule has 2 rings (SSSR count). The van der Waals surface area contributed by atoms with E-state index in [1.165, 1.54) is 0 Å². The van der Waals surface area contributed by atoms with Gasteiger partial charge in [0.15, 0.2) is 11.5 Å². The molecular formula is C19H26N4O. The average Bonchev–Trinajstić information content (AvgIpc) is 2.62. The minimum absolute atomic E-state index is 0.0724. The van der Waals surface area contributed by atoms with Gasteiger partial charge in [-0.1, -0.05) is 44.2 Å². The first-order valence-corrected chi connectivity index (χ1v) is 8.60. The van der Waals surface area contributed by atoms with Crippen molar-refractivity contribution in [1.82, 2.24) is 15.5 Å². The number of carbonyl (C=O) groups is 1. The maximum Gasteiger partial charge on any atom is 0.272 e. The van der Waals surface area contributed by atoms with Crippen LogP contribution < -0.4 is 10.2 Å². The van der Waals surface area contributed by atoms with E-state index in [9.17, 15) is 4.79 Å². The lowest BCUT2D eigenvalue weighted by Gasteiger charge is -2.21. The van der Waals surface area contributed by atoms with Crippen LogP contribution in [0.5, 0.6) is 0 Å². The summed E-state index contributed by atoms with van der Waals surface area (Å²) in [5, 5.41) is 11.3. The molecule has 0 saturated heterocycles. The number of nitrogens with one attached hydrogen (secondary N) is 1. The molecule has 1 aromatic heterocycles. The molecule has 5 nitrogen and oxygen atoms in total. The zero-order valence-electron chi connectivity index (χ0n) is 14.7. The van der Waals surface area contributed by atoms with Crippen LogP contribution in [0, 0.1) is 0 Å². The Hall–Kier alpha value is -2.43. The quantitative estimate of drug-likeness (QED) is 0.805. The first kappa shape index (κ1) is 17.9. The Kier molecular flexibility index (Phi) is 6.73. The SMILES string of the molecule is CCCN(CCC)c1ccc(C(=O)NC(C)c2ccccc2)nn1. The highest BCUT2D eigenvalue weighted by Gasteiger charge is 2.14. The molecule has 1 heterocycles. The molecule has 5 heteroatoms. The van der Waals surface area contributed by atoms with E-state index in [2.05, 4.69) is 34.3 Å². The van der Waals surface area contributed by atoms with Gasteiger partial charge in [-0.3, -0.25) is 4.79 Å². The molecule has 0 aliphatic carbocycles. The van der Waals surface area contributed by atoms with Crippen LogP contribution in [-0.2, 0) is 0 Å². The van der Waals surface area contributed by atoms with Crippen molar-refractivity contribution >= 4 is 11.7 Å². The first-order valence-electron chi connectivity index (χ1n) is 8.60. The van der Waals surface area contributed by atoms with E-state index >= 15 is 0 Å². The van der Waals surface area contributed by atoms with Crippen LogP contribution in [0.4, 0.5) is 5.82 Å². The minimum Gasteiger partial charge on any atom is -0.355 e. The summed E-state index contributed by atoms with van der Waals surface area (Å²) >= 11 is 0. The van der Waals surface area contributed by atoms with Crippen molar-refractivity contribution in [2.45, 2.75) is 39.7 Å². The van der Waals surface area contributed by atoms with E-state index < -0.39 is 0 Å². The molecule has 1 N–H and O–H groups in total. The van der Waals surface area contributed by atoms with Crippen LogP contribution in [0.3, 0.4) is 0 Å². The van der Waals surface area contributed by atoms with Crippen molar-refractivity contribution in [3.63, 3.8) is 0 Å². The molecule has 1 aromatic carbocycles. The van der Waals surface area contributed by atoms with Gasteiger partial charge in [-0.15, -0.1) is 10.2 Å². The van der Waals surface area contributed by atoms with Crippen molar-refractivity contribution in [3.05, 3.63) is 53.7 Å². The number of carbonyl (C=O) groups excluding carboxylic acids is 1. The van der Waals surface area contributed by atoms with Crippen LogP contribution >= 0.6 is 0 Å². The van der Waals surface area contributed by atoms with E-state index in [-0.39, 0.29) is 11.9 Å². The zero-order chi connectivity index (χ0) is 17.4. The Bertz CT molecular complexity index is 622. The van der Waals surface area contributed by atoms with E-state index in [0.717, 1.165) is 37.3 Å². The van der Waals surface area contributed by atoms with Crippen LogP contribution in [0.25, 0.3) is 0 Å². The van der Waals surface area contributed by atoms with Crippen molar-refractivity contribution in [1.29, 1.82) is 0 Å². The highest BCUT2D eigenvalue weighted by molar-refractivity contribution is 5.92. The fourth-order valence-corrected chi connectivity index (χ4v) is 2.59. The van der Waals surface area contributed by atoms with Gasteiger partial charge < -0.3 is 10.2 Å². The molecule has 1 atom stereocenters. The molecule has 0 aliphatic rings. The number of rotatable bonds is 8.